The Balaban J connectivity index is 1.64. The van der Waals surface area contributed by atoms with Gasteiger partial charge in [0.2, 0.25) is 0 Å². The van der Waals surface area contributed by atoms with Crippen LogP contribution < -0.4 is 10.2 Å². The van der Waals surface area contributed by atoms with Crippen LogP contribution in [0.25, 0.3) is 11.4 Å². The number of amides is 2. The molecular formula is C27H32FN5O. The average Bonchev–Trinajstić information content (AvgIpc) is 2.80. The highest BCUT2D eigenvalue weighted by atomic mass is 19.1. The van der Waals surface area contributed by atoms with Crippen molar-refractivity contribution in [2.75, 3.05) is 31.1 Å². The third kappa shape index (κ3) is 5.71. The third-order valence-electron chi connectivity index (χ3n) is 5.85. The maximum atomic E-state index is 13.9. The number of piperazine rings is 1. The van der Waals surface area contributed by atoms with E-state index in [0.717, 1.165) is 17.1 Å². The molecule has 0 unspecified atom stereocenters. The summed E-state index contributed by atoms with van der Waals surface area (Å²) in [6.45, 7) is 10.5. The van der Waals surface area contributed by atoms with E-state index in [4.69, 9.17) is 9.97 Å². The van der Waals surface area contributed by atoms with Crippen molar-refractivity contribution in [3.63, 3.8) is 0 Å². The summed E-state index contributed by atoms with van der Waals surface area (Å²) in [5.74, 6) is 1.05. The molecule has 0 atom stereocenters. The first-order valence-corrected chi connectivity index (χ1v) is 11.7. The number of urea groups is 1. The largest absolute Gasteiger partial charge is 0.353 e. The number of halogens is 1. The summed E-state index contributed by atoms with van der Waals surface area (Å²) in [5, 5.41) is 3.04. The summed E-state index contributed by atoms with van der Waals surface area (Å²) in [4.78, 5) is 26.4. The second-order valence-corrected chi connectivity index (χ2v) is 9.76. The van der Waals surface area contributed by atoms with Gasteiger partial charge in [-0.3, -0.25) is 0 Å². The van der Waals surface area contributed by atoms with Crippen LogP contribution in [-0.4, -0.2) is 52.6 Å². The number of nitrogens with zero attached hydrogens (tertiary/aromatic N) is 4. The van der Waals surface area contributed by atoms with E-state index in [2.05, 4.69) is 22.3 Å². The Hall–Kier alpha value is -3.48. The minimum absolute atomic E-state index is 0.0454. The zero-order chi connectivity index (χ0) is 24.3. The molecule has 7 heteroatoms. The van der Waals surface area contributed by atoms with Crippen LogP contribution >= 0.6 is 0 Å². The second-order valence-electron chi connectivity index (χ2n) is 9.76. The highest BCUT2D eigenvalue weighted by molar-refractivity contribution is 5.75. The molecule has 2 heterocycles. The van der Waals surface area contributed by atoms with Gasteiger partial charge in [-0.15, -0.1) is 0 Å². The molecule has 4 rings (SSSR count). The number of carbonyl (C=O) groups excluding carboxylic acids is 1. The number of nitrogens with one attached hydrogen (secondary N) is 1. The first kappa shape index (κ1) is 23.7. The monoisotopic (exact) mass is 461 g/mol. The van der Waals surface area contributed by atoms with Crippen molar-refractivity contribution < 1.29 is 9.18 Å². The van der Waals surface area contributed by atoms with Gasteiger partial charge in [0, 0.05) is 55.0 Å². The lowest BCUT2D eigenvalue weighted by Gasteiger charge is -2.37. The van der Waals surface area contributed by atoms with Crippen molar-refractivity contribution >= 4 is 11.8 Å². The Morgan fingerprint density at radius 2 is 1.71 bits per heavy atom. The smallest absolute Gasteiger partial charge is 0.317 e. The van der Waals surface area contributed by atoms with Crippen LogP contribution in [0.3, 0.4) is 0 Å². The number of hydrogen-bond donors (Lipinski definition) is 1. The SMILES string of the molecule is Cc1nc(-c2cccc(F)c2)nc(N2CCN(C(=O)NC(C)(C)C)CC2)c1Cc1ccccc1. The van der Waals surface area contributed by atoms with Crippen LogP contribution in [0.1, 0.15) is 37.6 Å². The molecule has 1 N–H and O–H groups in total. The van der Waals surface area contributed by atoms with Crippen molar-refractivity contribution in [2.45, 2.75) is 39.7 Å². The summed E-state index contributed by atoms with van der Waals surface area (Å²) in [7, 11) is 0. The van der Waals surface area contributed by atoms with E-state index in [1.165, 1.54) is 17.7 Å². The molecule has 6 nitrogen and oxygen atoms in total. The molecule has 1 saturated heterocycles. The standard InChI is InChI=1S/C27H32FN5O/c1-19-23(17-20-9-6-5-7-10-20)25(30-24(29-19)21-11-8-12-22(28)18-21)32-13-15-33(16-14-32)26(34)31-27(2,3)4/h5-12,18H,13-17H2,1-4H3,(H,31,34). The summed E-state index contributed by atoms with van der Waals surface area (Å²) < 4.78 is 13.9. The number of aromatic nitrogens is 2. The van der Waals surface area contributed by atoms with Gasteiger partial charge in [-0.05, 0) is 45.4 Å². The fraction of sp³-hybridized carbons (Fsp3) is 0.370. The Kier molecular flexibility index (Phi) is 6.82. The first-order chi connectivity index (χ1) is 16.2. The number of carbonyl (C=O) groups is 1. The zero-order valence-corrected chi connectivity index (χ0v) is 20.3. The van der Waals surface area contributed by atoms with Crippen LogP contribution in [0.2, 0.25) is 0 Å². The fourth-order valence-electron chi connectivity index (χ4n) is 4.13. The van der Waals surface area contributed by atoms with E-state index < -0.39 is 0 Å². The maximum absolute atomic E-state index is 13.9. The molecule has 1 aromatic heterocycles. The number of rotatable bonds is 4. The van der Waals surface area contributed by atoms with Gasteiger partial charge in [0.05, 0.1) is 0 Å². The van der Waals surface area contributed by atoms with Gasteiger partial charge >= 0.3 is 6.03 Å². The molecule has 0 bridgehead atoms. The van der Waals surface area contributed by atoms with E-state index in [1.807, 2.05) is 56.9 Å². The number of benzene rings is 2. The van der Waals surface area contributed by atoms with Gasteiger partial charge in [0.15, 0.2) is 5.82 Å². The van der Waals surface area contributed by atoms with Gasteiger partial charge in [-0.2, -0.15) is 0 Å². The molecule has 3 aromatic rings. The molecule has 1 aliphatic rings. The second kappa shape index (κ2) is 9.79. The van der Waals surface area contributed by atoms with Gasteiger partial charge in [0.25, 0.3) is 0 Å². The summed E-state index contributed by atoms with van der Waals surface area (Å²) >= 11 is 0. The number of anilines is 1. The molecular weight excluding hydrogens is 429 g/mol. The summed E-state index contributed by atoms with van der Waals surface area (Å²) in [6.07, 6.45) is 0.705. The summed E-state index contributed by atoms with van der Waals surface area (Å²) in [6, 6.07) is 16.6. The topological polar surface area (TPSA) is 61.4 Å². The van der Waals surface area contributed by atoms with Crippen molar-refractivity contribution in [1.29, 1.82) is 0 Å². The van der Waals surface area contributed by atoms with Crippen LogP contribution in [-0.2, 0) is 6.42 Å². The minimum atomic E-state index is -0.313. The molecule has 2 amide bonds. The van der Waals surface area contributed by atoms with Crippen LogP contribution in [0.15, 0.2) is 54.6 Å². The predicted octanol–water partition coefficient (Wildman–Crippen LogP) is 4.81. The van der Waals surface area contributed by atoms with Crippen LogP contribution in [0.5, 0.6) is 0 Å². The lowest BCUT2D eigenvalue weighted by Crippen LogP contribution is -2.55. The lowest BCUT2D eigenvalue weighted by atomic mass is 10.0. The Bertz CT molecular complexity index is 1150. The molecule has 178 valence electrons. The lowest BCUT2D eigenvalue weighted by molar-refractivity contribution is 0.185. The van der Waals surface area contributed by atoms with Crippen molar-refractivity contribution in [2.24, 2.45) is 0 Å². The van der Waals surface area contributed by atoms with E-state index >= 15 is 0 Å². The van der Waals surface area contributed by atoms with Crippen molar-refractivity contribution in [1.82, 2.24) is 20.2 Å². The molecule has 2 aromatic carbocycles. The highest BCUT2D eigenvalue weighted by Crippen LogP contribution is 2.28. The number of aryl methyl sites for hydroxylation is 1. The van der Waals surface area contributed by atoms with Crippen molar-refractivity contribution in [3.05, 3.63) is 77.2 Å². The Morgan fingerprint density at radius 3 is 2.35 bits per heavy atom. The fourth-order valence-corrected chi connectivity index (χ4v) is 4.13. The van der Waals surface area contributed by atoms with Gasteiger partial charge in [-0.1, -0.05) is 42.5 Å². The number of hydrogen-bond acceptors (Lipinski definition) is 4. The molecule has 0 radical (unpaired) electrons. The van der Waals surface area contributed by atoms with Crippen LogP contribution in [0, 0.1) is 12.7 Å². The molecule has 0 saturated carbocycles. The minimum Gasteiger partial charge on any atom is -0.353 e. The predicted molar refractivity (Wildman–Crippen MR) is 133 cm³/mol. The molecule has 34 heavy (non-hydrogen) atoms. The van der Waals surface area contributed by atoms with Crippen LogP contribution in [0.4, 0.5) is 15.0 Å². The van der Waals surface area contributed by atoms with E-state index in [-0.39, 0.29) is 17.4 Å². The third-order valence-corrected chi connectivity index (χ3v) is 5.85. The molecule has 1 fully saturated rings. The molecule has 0 aliphatic carbocycles. The first-order valence-electron chi connectivity index (χ1n) is 11.7. The van der Waals surface area contributed by atoms with Gasteiger partial charge in [0.1, 0.15) is 11.6 Å². The van der Waals surface area contributed by atoms with E-state index in [9.17, 15) is 9.18 Å². The highest BCUT2D eigenvalue weighted by Gasteiger charge is 2.27. The summed E-state index contributed by atoms with van der Waals surface area (Å²) in [5.41, 5.74) is 3.48. The average molecular weight is 462 g/mol. The van der Waals surface area contributed by atoms with Gasteiger partial charge < -0.3 is 15.1 Å². The van der Waals surface area contributed by atoms with E-state index in [1.54, 1.807) is 6.07 Å². The molecule has 0 spiro atoms. The quantitative estimate of drug-likeness (QED) is 0.606. The molecule has 1 aliphatic heterocycles. The van der Waals surface area contributed by atoms with Gasteiger partial charge in [-0.25, -0.2) is 19.2 Å². The van der Waals surface area contributed by atoms with Crippen molar-refractivity contribution in [3.8, 4) is 11.4 Å². The van der Waals surface area contributed by atoms with E-state index in [0.29, 0.717) is 44.0 Å². The Morgan fingerprint density at radius 1 is 1.00 bits per heavy atom. The zero-order valence-electron chi connectivity index (χ0n) is 20.3. The Labute approximate surface area is 200 Å². The normalized spacial score (nSPS) is 14.3. The maximum Gasteiger partial charge on any atom is 0.317 e.